The predicted octanol–water partition coefficient (Wildman–Crippen LogP) is -2.02. The molecule has 0 aliphatic heterocycles. The van der Waals surface area contributed by atoms with Crippen LogP contribution < -0.4 is 24.8 Å². The molecule has 0 unspecified atom stereocenters. The van der Waals surface area contributed by atoms with Crippen LogP contribution in [-0.4, -0.2) is 8.07 Å². The summed E-state index contributed by atoms with van der Waals surface area (Å²) in [5, 5.41) is 2.84. The van der Waals surface area contributed by atoms with Gasteiger partial charge < -0.3 is 24.8 Å². The van der Waals surface area contributed by atoms with Gasteiger partial charge in [0.2, 0.25) is 0 Å². The zero-order valence-corrected chi connectivity index (χ0v) is 15.4. The van der Waals surface area contributed by atoms with E-state index in [0.29, 0.717) is 0 Å². The predicted molar refractivity (Wildman–Crippen MR) is 66.6 cm³/mol. The molecule has 0 nitrogen and oxygen atoms in total. The van der Waals surface area contributed by atoms with Crippen LogP contribution in [0.5, 0.6) is 0 Å². The van der Waals surface area contributed by atoms with Crippen molar-refractivity contribution in [2.24, 2.45) is 0 Å². The quantitative estimate of drug-likeness (QED) is 0.427. The second-order valence-corrected chi connectivity index (χ2v) is 10.7. The number of hydrogen-bond donors (Lipinski definition) is 0. The van der Waals surface area contributed by atoms with Gasteiger partial charge in [-0.2, -0.15) is 11.6 Å². The number of benzene rings is 1. The van der Waals surface area contributed by atoms with Crippen LogP contribution in [0.1, 0.15) is 5.56 Å². The maximum absolute atomic E-state index is 2.43. The first kappa shape index (κ1) is 19.8. The molecule has 0 saturated heterocycles. The monoisotopic (exact) mass is 361 g/mol. The van der Waals surface area contributed by atoms with Gasteiger partial charge in [0.1, 0.15) is 0 Å². The third-order valence-electron chi connectivity index (χ3n) is 2.49. The van der Waals surface area contributed by atoms with Gasteiger partial charge in [-0.3, -0.25) is 0 Å². The Morgan fingerprint density at radius 2 is 1.65 bits per heavy atom. The summed E-state index contributed by atoms with van der Waals surface area (Å²) in [7, 11) is -0.979. The maximum Gasteiger partial charge on any atom is 3.00 e. The van der Waals surface area contributed by atoms with Gasteiger partial charge in [0.25, 0.3) is 0 Å². The van der Waals surface area contributed by atoms with Crippen molar-refractivity contribution in [2.75, 3.05) is 0 Å². The fourth-order valence-electron chi connectivity index (χ4n) is 1.94. The molecule has 0 amide bonds. The normalized spacial score (nSPS) is 10.1. The Bertz CT molecular complexity index is 446. The number of halogens is 2. The van der Waals surface area contributed by atoms with Crippen LogP contribution in [-0.2, 0) is 32.2 Å². The topological polar surface area (TPSA) is 0 Å². The van der Waals surface area contributed by atoms with E-state index >= 15 is 0 Å². The molecule has 0 aliphatic rings. The first-order chi connectivity index (χ1) is 6.56. The van der Waals surface area contributed by atoms with Crippen molar-refractivity contribution in [1.29, 1.82) is 0 Å². The Morgan fingerprint density at radius 3 is 2.24 bits per heavy atom. The SMILES string of the molecule is C[Si](C)(C)Cc1c[cH-]c2ccccc12.[Cl-].[Cl-].[Zr+3]. The molecule has 17 heavy (non-hydrogen) atoms. The van der Waals surface area contributed by atoms with Crippen molar-refractivity contribution in [3.63, 3.8) is 0 Å². The van der Waals surface area contributed by atoms with Crippen molar-refractivity contribution < 1.29 is 51.0 Å². The number of hydrogen-bond acceptors (Lipinski definition) is 0. The zero-order valence-electron chi connectivity index (χ0n) is 10.4. The summed E-state index contributed by atoms with van der Waals surface area (Å²) in [5.74, 6) is 0. The summed E-state index contributed by atoms with van der Waals surface area (Å²) < 4.78 is 0. The fraction of sp³-hybridized carbons (Fsp3) is 0.308. The van der Waals surface area contributed by atoms with Crippen LogP contribution in [0.15, 0.2) is 36.4 Å². The standard InChI is InChI=1S/C13H17Si.2ClH.Zr/c1-14(2,3)10-12-9-8-11-6-4-5-7-13(11)12;;;/h4-9H,10H2,1-3H3;2*1H;/q-1;;;+3/p-2. The molecular formula is C13H17Cl2SiZr. The Kier molecular flexibility index (Phi) is 9.15. The van der Waals surface area contributed by atoms with Crippen LogP contribution in [0.3, 0.4) is 0 Å². The van der Waals surface area contributed by atoms with Crippen LogP contribution >= 0.6 is 0 Å². The minimum atomic E-state index is -0.979. The molecule has 0 aromatic heterocycles. The van der Waals surface area contributed by atoms with Crippen LogP contribution in [0, 0.1) is 0 Å². The van der Waals surface area contributed by atoms with Crippen LogP contribution in [0.25, 0.3) is 10.8 Å². The second-order valence-electron chi connectivity index (χ2n) is 5.18. The maximum atomic E-state index is 2.43. The van der Waals surface area contributed by atoms with Gasteiger partial charge in [-0.1, -0.05) is 31.8 Å². The molecule has 4 heteroatoms. The van der Waals surface area contributed by atoms with E-state index in [1.165, 1.54) is 16.8 Å². The summed E-state index contributed by atoms with van der Waals surface area (Å²) in [6.45, 7) is 7.28. The summed E-state index contributed by atoms with van der Waals surface area (Å²) in [4.78, 5) is 0. The van der Waals surface area contributed by atoms with Crippen molar-refractivity contribution in [1.82, 2.24) is 0 Å². The summed E-state index contributed by atoms with van der Waals surface area (Å²) in [6.07, 6.45) is 0. The van der Waals surface area contributed by atoms with E-state index in [1.807, 2.05) is 0 Å². The molecule has 0 aliphatic carbocycles. The molecule has 0 saturated carbocycles. The van der Waals surface area contributed by atoms with Crippen molar-refractivity contribution >= 4 is 18.8 Å². The van der Waals surface area contributed by atoms with Gasteiger partial charge in [-0.15, -0.1) is 35.0 Å². The van der Waals surface area contributed by atoms with Crippen LogP contribution in [0.2, 0.25) is 19.6 Å². The van der Waals surface area contributed by atoms with E-state index < -0.39 is 8.07 Å². The fourth-order valence-corrected chi connectivity index (χ4v) is 3.39. The van der Waals surface area contributed by atoms with Gasteiger partial charge in [-0.25, -0.2) is 0 Å². The first-order valence-corrected chi connectivity index (χ1v) is 8.90. The minimum Gasteiger partial charge on any atom is -1.00 e. The average molecular weight is 363 g/mol. The molecule has 0 atom stereocenters. The van der Waals surface area contributed by atoms with E-state index in [4.69, 9.17) is 0 Å². The molecule has 2 aromatic carbocycles. The molecule has 0 heterocycles. The summed E-state index contributed by atoms with van der Waals surface area (Å²) in [6, 6.07) is 14.5. The molecule has 2 aromatic rings. The molecule has 0 bridgehead atoms. The van der Waals surface area contributed by atoms with Gasteiger partial charge in [0.05, 0.1) is 0 Å². The molecule has 0 fully saturated rings. The minimum absolute atomic E-state index is 0. The molecule has 0 spiro atoms. The molecular weight excluding hydrogens is 346 g/mol. The zero-order chi connectivity index (χ0) is 10.2. The van der Waals surface area contributed by atoms with Crippen molar-refractivity contribution in [2.45, 2.75) is 25.7 Å². The number of fused-ring (bicyclic) bond motifs is 1. The third-order valence-corrected chi connectivity index (χ3v) is 3.93. The van der Waals surface area contributed by atoms with E-state index in [1.54, 1.807) is 5.56 Å². The van der Waals surface area contributed by atoms with Gasteiger partial charge in [-0.05, 0) is 0 Å². The van der Waals surface area contributed by atoms with Gasteiger partial charge in [0.15, 0.2) is 0 Å². The number of rotatable bonds is 2. The van der Waals surface area contributed by atoms with E-state index in [0.717, 1.165) is 0 Å². The molecule has 91 valence electrons. The Balaban J connectivity index is 0. The largest absolute Gasteiger partial charge is 3.00 e. The van der Waals surface area contributed by atoms with Gasteiger partial charge >= 0.3 is 26.2 Å². The first-order valence-electron chi connectivity index (χ1n) is 5.20. The molecule has 1 radical (unpaired) electrons. The Labute approximate surface area is 136 Å². The smallest absolute Gasteiger partial charge is 1.00 e. The van der Waals surface area contributed by atoms with E-state index in [9.17, 15) is 0 Å². The van der Waals surface area contributed by atoms with Crippen molar-refractivity contribution in [3.8, 4) is 0 Å². The summed E-state index contributed by atoms with van der Waals surface area (Å²) >= 11 is 0. The average Bonchev–Trinajstić information content (AvgIpc) is 2.47. The molecule has 2 rings (SSSR count). The second kappa shape index (κ2) is 7.84. The van der Waals surface area contributed by atoms with Crippen molar-refractivity contribution in [3.05, 3.63) is 42.0 Å². The van der Waals surface area contributed by atoms with E-state index in [2.05, 4.69) is 56.0 Å². The van der Waals surface area contributed by atoms with E-state index in [-0.39, 0.29) is 51.0 Å². The summed E-state index contributed by atoms with van der Waals surface area (Å²) in [5.41, 5.74) is 1.54. The Hall–Kier alpha value is 0.510. The molecule has 0 N–H and O–H groups in total. The Morgan fingerprint density at radius 1 is 1.06 bits per heavy atom. The van der Waals surface area contributed by atoms with Gasteiger partial charge in [0, 0.05) is 8.07 Å². The van der Waals surface area contributed by atoms with Crippen LogP contribution in [0.4, 0.5) is 0 Å². The third kappa shape index (κ3) is 5.34.